The zero-order valence-electron chi connectivity index (χ0n) is 15.3. The second-order valence-corrected chi connectivity index (χ2v) is 7.44. The van der Waals surface area contributed by atoms with Gasteiger partial charge in [0.05, 0.1) is 0 Å². The lowest BCUT2D eigenvalue weighted by Gasteiger charge is -2.32. The Morgan fingerprint density at radius 2 is 1.60 bits per heavy atom. The number of benzene rings is 1. The van der Waals surface area contributed by atoms with Crippen molar-refractivity contribution in [1.82, 2.24) is 0 Å². The molecular formula is C16H15F5O8S. The fourth-order valence-electron chi connectivity index (χ4n) is 1.64. The SMILES string of the molecule is C=C(C)C(=O)OC(OCC(F)(F)S(=O)(=O)O)(C(=O)Oc1ccc(C)cc1)C(F)(F)F. The summed E-state index contributed by atoms with van der Waals surface area (Å²) in [4.78, 5) is 23.9. The van der Waals surface area contributed by atoms with Crippen LogP contribution in [0.4, 0.5) is 22.0 Å². The highest BCUT2D eigenvalue weighted by Crippen LogP contribution is 2.39. The maximum Gasteiger partial charge on any atom is 0.468 e. The van der Waals surface area contributed by atoms with Gasteiger partial charge < -0.3 is 14.2 Å². The van der Waals surface area contributed by atoms with Gasteiger partial charge in [-0.15, -0.1) is 0 Å². The number of carbonyl (C=O) groups is 2. The van der Waals surface area contributed by atoms with E-state index >= 15 is 0 Å². The van der Waals surface area contributed by atoms with Crippen LogP contribution in [0.3, 0.4) is 0 Å². The Kier molecular flexibility index (Phi) is 7.34. The molecule has 1 rings (SSSR count). The summed E-state index contributed by atoms with van der Waals surface area (Å²) in [6.07, 6.45) is -6.02. The fourth-order valence-corrected chi connectivity index (χ4v) is 1.85. The van der Waals surface area contributed by atoms with Gasteiger partial charge in [-0.05, 0) is 26.0 Å². The lowest BCUT2D eigenvalue weighted by Crippen LogP contribution is -2.60. The van der Waals surface area contributed by atoms with Gasteiger partial charge in [-0.25, -0.2) is 9.59 Å². The third kappa shape index (κ3) is 5.73. The molecule has 0 aliphatic rings. The van der Waals surface area contributed by atoms with Crippen molar-refractivity contribution >= 4 is 22.1 Å². The minimum Gasteiger partial charge on any atom is -0.421 e. The molecule has 1 aromatic carbocycles. The van der Waals surface area contributed by atoms with Gasteiger partial charge in [0.15, 0.2) is 0 Å². The van der Waals surface area contributed by atoms with Crippen LogP contribution in [0.5, 0.6) is 5.75 Å². The first-order valence-corrected chi connectivity index (χ1v) is 9.10. The number of hydrogen-bond acceptors (Lipinski definition) is 7. The first kappa shape index (κ1) is 25.5. The topological polar surface area (TPSA) is 116 Å². The standard InChI is InChI=1S/C16H15F5O8S/c1-9(2)12(22)29-15(16(19,20)21,27-8-14(17,18)30(24,25)26)13(23)28-11-6-4-10(3)5-7-11/h4-7H,1,8H2,2-3H3,(H,24,25,26). The Morgan fingerprint density at radius 3 is 2.00 bits per heavy atom. The Bertz CT molecular complexity index is 924. The minimum absolute atomic E-state index is 0.504. The Labute approximate surface area is 167 Å². The average Bonchev–Trinajstić information content (AvgIpc) is 2.58. The van der Waals surface area contributed by atoms with Crippen LogP contribution in [0.2, 0.25) is 0 Å². The normalized spacial score (nSPS) is 14.5. The van der Waals surface area contributed by atoms with Gasteiger partial charge in [0, 0.05) is 5.57 Å². The summed E-state index contributed by atoms with van der Waals surface area (Å²) < 4.78 is 110. The largest absolute Gasteiger partial charge is 0.468 e. The lowest BCUT2D eigenvalue weighted by molar-refractivity contribution is -0.357. The molecule has 0 fully saturated rings. The number of aryl methyl sites for hydroxylation is 1. The van der Waals surface area contributed by atoms with E-state index < -0.39 is 57.2 Å². The van der Waals surface area contributed by atoms with Gasteiger partial charge in [0.1, 0.15) is 12.4 Å². The van der Waals surface area contributed by atoms with Crippen LogP contribution in [0, 0.1) is 6.92 Å². The van der Waals surface area contributed by atoms with Crippen molar-refractivity contribution in [2.75, 3.05) is 6.61 Å². The molecular weight excluding hydrogens is 447 g/mol. The third-order valence-electron chi connectivity index (χ3n) is 3.28. The summed E-state index contributed by atoms with van der Waals surface area (Å²) in [5, 5.41) is -5.29. The van der Waals surface area contributed by atoms with Gasteiger partial charge in [-0.1, -0.05) is 24.3 Å². The van der Waals surface area contributed by atoms with Gasteiger partial charge in [0.2, 0.25) is 0 Å². The number of esters is 2. The van der Waals surface area contributed by atoms with E-state index in [1.54, 1.807) is 6.92 Å². The first-order valence-electron chi connectivity index (χ1n) is 7.66. The van der Waals surface area contributed by atoms with Crippen molar-refractivity contribution in [3.8, 4) is 5.75 Å². The van der Waals surface area contributed by atoms with E-state index in [4.69, 9.17) is 4.55 Å². The van der Waals surface area contributed by atoms with E-state index in [1.165, 1.54) is 12.1 Å². The zero-order chi connectivity index (χ0) is 23.5. The van der Waals surface area contributed by atoms with E-state index in [9.17, 15) is 40.0 Å². The number of hydrogen-bond donors (Lipinski definition) is 1. The van der Waals surface area contributed by atoms with E-state index in [2.05, 4.69) is 20.8 Å². The molecule has 14 heteroatoms. The molecule has 0 bridgehead atoms. The van der Waals surface area contributed by atoms with E-state index in [0.717, 1.165) is 19.1 Å². The third-order valence-corrected chi connectivity index (χ3v) is 4.15. The summed E-state index contributed by atoms with van der Waals surface area (Å²) in [5.74, 6) is -9.71. The van der Waals surface area contributed by atoms with Gasteiger partial charge >= 0.3 is 39.3 Å². The van der Waals surface area contributed by atoms with Crippen LogP contribution in [0.15, 0.2) is 36.4 Å². The second-order valence-electron chi connectivity index (χ2n) is 5.89. The molecule has 0 radical (unpaired) electrons. The number of rotatable bonds is 8. The summed E-state index contributed by atoms with van der Waals surface area (Å²) >= 11 is 0. The van der Waals surface area contributed by atoms with Gasteiger partial charge in [0.25, 0.3) is 0 Å². The molecule has 0 aliphatic carbocycles. The molecule has 0 aliphatic heterocycles. The molecule has 0 amide bonds. The molecule has 1 atom stereocenters. The molecule has 0 aromatic heterocycles. The van der Waals surface area contributed by atoms with E-state index in [1.807, 2.05) is 0 Å². The molecule has 0 spiro atoms. The molecule has 0 saturated heterocycles. The van der Waals surface area contributed by atoms with Gasteiger partial charge in [-0.2, -0.15) is 30.4 Å². The van der Waals surface area contributed by atoms with Crippen LogP contribution >= 0.6 is 0 Å². The number of halogens is 5. The molecule has 1 unspecified atom stereocenters. The monoisotopic (exact) mass is 462 g/mol. The lowest BCUT2D eigenvalue weighted by atomic mass is 10.2. The Hall–Kier alpha value is -2.58. The molecule has 168 valence electrons. The van der Waals surface area contributed by atoms with E-state index in [-0.39, 0.29) is 0 Å². The van der Waals surface area contributed by atoms with Crippen molar-refractivity contribution in [2.45, 2.75) is 31.1 Å². The van der Waals surface area contributed by atoms with E-state index in [0.29, 0.717) is 5.56 Å². The summed E-state index contributed by atoms with van der Waals surface area (Å²) in [6.45, 7) is 2.75. The quantitative estimate of drug-likeness (QED) is 0.157. The summed E-state index contributed by atoms with van der Waals surface area (Å²) in [5.41, 5.74) is -0.0634. The van der Waals surface area contributed by atoms with Crippen molar-refractivity contribution < 1.29 is 58.7 Å². The molecule has 0 saturated carbocycles. The van der Waals surface area contributed by atoms with Crippen molar-refractivity contribution in [2.24, 2.45) is 0 Å². The Morgan fingerprint density at radius 1 is 1.10 bits per heavy atom. The summed E-state index contributed by atoms with van der Waals surface area (Å²) in [7, 11) is -6.24. The minimum atomic E-state index is -6.24. The highest BCUT2D eigenvalue weighted by Gasteiger charge is 2.69. The highest BCUT2D eigenvalue weighted by molar-refractivity contribution is 7.86. The Balaban J connectivity index is 3.45. The van der Waals surface area contributed by atoms with Crippen molar-refractivity contribution in [3.63, 3.8) is 0 Å². The zero-order valence-corrected chi connectivity index (χ0v) is 16.1. The number of ether oxygens (including phenoxy) is 3. The number of carbonyl (C=O) groups excluding carboxylic acids is 2. The second kappa shape index (κ2) is 8.65. The molecule has 1 aromatic rings. The first-order chi connectivity index (χ1) is 13.4. The van der Waals surface area contributed by atoms with Crippen LogP contribution in [-0.4, -0.2) is 48.7 Å². The number of alkyl halides is 5. The molecule has 8 nitrogen and oxygen atoms in total. The molecule has 1 N–H and O–H groups in total. The maximum absolute atomic E-state index is 13.7. The van der Waals surface area contributed by atoms with Gasteiger partial charge in [-0.3, -0.25) is 4.55 Å². The van der Waals surface area contributed by atoms with Crippen LogP contribution in [0.1, 0.15) is 12.5 Å². The smallest absolute Gasteiger partial charge is 0.421 e. The molecule has 0 heterocycles. The summed E-state index contributed by atoms with van der Waals surface area (Å²) in [6, 6.07) is 4.74. The van der Waals surface area contributed by atoms with Crippen molar-refractivity contribution in [3.05, 3.63) is 42.0 Å². The van der Waals surface area contributed by atoms with Crippen LogP contribution < -0.4 is 4.74 Å². The fraction of sp³-hybridized carbons (Fsp3) is 0.375. The predicted octanol–water partition coefficient (Wildman–Crippen LogP) is 2.78. The van der Waals surface area contributed by atoms with Crippen LogP contribution in [-0.2, 0) is 29.2 Å². The maximum atomic E-state index is 13.7. The highest BCUT2D eigenvalue weighted by atomic mass is 32.2. The van der Waals surface area contributed by atoms with Crippen molar-refractivity contribution in [1.29, 1.82) is 0 Å². The van der Waals surface area contributed by atoms with Crippen LogP contribution in [0.25, 0.3) is 0 Å². The molecule has 30 heavy (non-hydrogen) atoms. The predicted molar refractivity (Wildman–Crippen MR) is 89.0 cm³/mol. The average molecular weight is 462 g/mol.